The van der Waals surface area contributed by atoms with Crippen LogP contribution in [-0.4, -0.2) is 18.6 Å². The van der Waals surface area contributed by atoms with Crippen molar-refractivity contribution in [2.75, 3.05) is 13.7 Å². The van der Waals surface area contributed by atoms with Crippen LogP contribution in [0, 0.1) is 6.92 Å². The van der Waals surface area contributed by atoms with E-state index in [-0.39, 0.29) is 6.04 Å². The second-order valence-electron chi connectivity index (χ2n) is 4.62. The van der Waals surface area contributed by atoms with Gasteiger partial charge in [0.2, 0.25) is 0 Å². The summed E-state index contributed by atoms with van der Waals surface area (Å²) < 4.78 is 6.64. The molecule has 1 N–H and O–H groups in total. The van der Waals surface area contributed by atoms with Gasteiger partial charge in [-0.25, -0.2) is 0 Å². The highest BCUT2D eigenvalue weighted by Crippen LogP contribution is 2.27. The van der Waals surface area contributed by atoms with E-state index in [2.05, 4.69) is 51.4 Å². The molecule has 1 aromatic carbocycles. The quantitative estimate of drug-likeness (QED) is 0.901. The molecule has 20 heavy (non-hydrogen) atoms. The predicted molar refractivity (Wildman–Crippen MR) is 85.2 cm³/mol. The molecule has 106 valence electrons. The zero-order valence-corrected chi connectivity index (χ0v) is 13.6. The Hall–Kier alpha value is -1.39. The average Bonchev–Trinajstić information content (AvgIpc) is 2.44. The molecule has 0 spiro atoms. The molecule has 0 saturated heterocycles. The lowest BCUT2D eigenvalue weighted by atomic mass is 9.99. The Morgan fingerprint density at radius 2 is 2.05 bits per heavy atom. The molecular weight excluding hydrogens is 316 g/mol. The Kier molecular flexibility index (Phi) is 5.15. The first-order valence-electron chi connectivity index (χ1n) is 6.66. The maximum atomic E-state index is 5.52. The molecule has 0 radical (unpaired) electrons. The van der Waals surface area contributed by atoms with E-state index in [1.54, 1.807) is 6.20 Å². The van der Waals surface area contributed by atoms with E-state index in [0.29, 0.717) is 6.61 Å². The van der Waals surface area contributed by atoms with Crippen LogP contribution in [0.25, 0.3) is 0 Å². The van der Waals surface area contributed by atoms with Gasteiger partial charge in [0, 0.05) is 10.7 Å². The number of rotatable bonds is 5. The summed E-state index contributed by atoms with van der Waals surface area (Å²) in [5, 5.41) is 3.33. The first-order valence-corrected chi connectivity index (χ1v) is 7.46. The van der Waals surface area contributed by atoms with Gasteiger partial charge in [-0.15, -0.1) is 0 Å². The van der Waals surface area contributed by atoms with Gasteiger partial charge in [0.15, 0.2) is 0 Å². The summed E-state index contributed by atoms with van der Waals surface area (Å²) in [6.07, 6.45) is 3.61. The minimum Gasteiger partial charge on any atom is -0.492 e. The Balaban J connectivity index is 2.36. The van der Waals surface area contributed by atoms with Crippen molar-refractivity contribution in [1.82, 2.24) is 10.3 Å². The van der Waals surface area contributed by atoms with Crippen LogP contribution >= 0.6 is 15.9 Å². The van der Waals surface area contributed by atoms with Gasteiger partial charge in [-0.1, -0.05) is 28.1 Å². The summed E-state index contributed by atoms with van der Waals surface area (Å²) in [5.74, 6) is 0.802. The maximum absolute atomic E-state index is 5.52. The molecule has 4 heteroatoms. The van der Waals surface area contributed by atoms with E-state index >= 15 is 0 Å². The van der Waals surface area contributed by atoms with Crippen molar-refractivity contribution in [1.29, 1.82) is 0 Å². The van der Waals surface area contributed by atoms with Crippen LogP contribution in [0.5, 0.6) is 5.75 Å². The summed E-state index contributed by atoms with van der Waals surface area (Å²) >= 11 is 3.59. The zero-order valence-electron chi connectivity index (χ0n) is 12.0. The fourth-order valence-corrected chi connectivity index (χ4v) is 2.55. The molecule has 1 unspecified atom stereocenters. The lowest BCUT2D eigenvalue weighted by Gasteiger charge is -2.18. The molecule has 1 heterocycles. The third-order valence-electron chi connectivity index (χ3n) is 3.20. The van der Waals surface area contributed by atoms with E-state index < -0.39 is 0 Å². The monoisotopic (exact) mass is 334 g/mol. The molecule has 0 saturated carbocycles. The molecule has 2 aromatic rings. The van der Waals surface area contributed by atoms with Gasteiger partial charge in [-0.3, -0.25) is 4.98 Å². The minimum atomic E-state index is 0.0970. The molecule has 0 aliphatic heterocycles. The van der Waals surface area contributed by atoms with Crippen molar-refractivity contribution < 1.29 is 4.74 Å². The van der Waals surface area contributed by atoms with Crippen molar-refractivity contribution in [2.45, 2.75) is 19.9 Å². The lowest BCUT2D eigenvalue weighted by molar-refractivity contribution is 0.338. The van der Waals surface area contributed by atoms with E-state index in [0.717, 1.165) is 15.8 Å². The van der Waals surface area contributed by atoms with Crippen LogP contribution in [0.4, 0.5) is 0 Å². The number of benzene rings is 1. The SMILES string of the molecule is CCOc1cncc(C(NC)c2ccc(C)c(Br)c2)c1. The summed E-state index contributed by atoms with van der Waals surface area (Å²) in [6.45, 7) is 4.70. The number of ether oxygens (including phenoxy) is 1. The molecule has 2 rings (SSSR count). The fourth-order valence-electron chi connectivity index (χ4n) is 2.15. The van der Waals surface area contributed by atoms with Crippen molar-refractivity contribution >= 4 is 15.9 Å². The Bertz CT molecular complexity index is 586. The van der Waals surface area contributed by atoms with Gasteiger partial charge in [0.25, 0.3) is 0 Å². The number of nitrogens with one attached hydrogen (secondary N) is 1. The van der Waals surface area contributed by atoms with Gasteiger partial charge >= 0.3 is 0 Å². The van der Waals surface area contributed by atoms with E-state index in [4.69, 9.17) is 4.74 Å². The van der Waals surface area contributed by atoms with Crippen molar-refractivity contribution in [3.05, 3.63) is 57.8 Å². The van der Waals surface area contributed by atoms with Crippen molar-refractivity contribution in [3.8, 4) is 5.75 Å². The van der Waals surface area contributed by atoms with Gasteiger partial charge < -0.3 is 10.1 Å². The highest BCUT2D eigenvalue weighted by molar-refractivity contribution is 9.10. The van der Waals surface area contributed by atoms with Gasteiger partial charge in [-0.2, -0.15) is 0 Å². The molecule has 0 bridgehead atoms. The number of hydrogen-bond donors (Lipinski definition) is 1. The Morgan fingerprint density at radius 1 is 1.25 bits per heavy atom. The van der Waals surface area contributed by atoms with Gasteiger partial charge in [0.1, 0.15) is 5.75 Å². The molecule has 0 amide bonds. The second kappa shape index (κ2) is 6.86. The average molecular weight is 335 g/mol. The summed E-state index contributed by atoms with van der Waals surface area (Å²) in [7, 11) is 1.95. The molecule has 3 nitrogen and oxygen atoms in total. The number of halogens is 1. The van der Waals surface area contributed by atoms with Gasteiger partial charge in [0.05, 0.1) is 18.8 Å². The topological polar surface area (TPSA) is 34.1 Å². The lowest BCUT2D eigenvalue weighted by Crippen LogP contribution is -2.18. The summed E-state index contributed by atoms with van der Waals surface area (Å²) in [4.78, 5) is 4.26. The highest BCUT2D eigenvalue weighted by atomic mass is 79.9. The van der Waals surface area contributed by atoms with Crippen LogP contribution in [0.1, 0.15) is 29.7 Å². The molecule has 0 fully saturated rings. The third kappa shape index (κ3) is 3.38. The van der Waals surface area contributed by atoms with Crippen LogP contribution < -0.4 is 10.1 Å². The van der Waals surface area contributed by atoms with Crippen LogP contribution in [-0.2, 0) is 0 Å². The minimum absolute atomic E-state index is 0.0970. The number of hydrogen-bond acceptors (Lipinski definition) is 3. The molecule has 0 aliphatic rings. The summed E-state index contributed by atoms with van der Waals surface area (Å²) in [5.41, 5.74) is 3.51. The molecule has 0 aliphatic carbocycles. The maximum Gasteiger partial charge on any atom is 0.137 e. The zero-order chi connectivity index (χ0) is 14.5. The largest absolute Gasteiger partial charge is 0.492 e. The van der Waals surface area contributed by atoms with Crippen LogP contribution in [0.15, 0.2) is 41.1 Å². The number of nitrogens with zero attached hydrogens (tertiary/aromatic N) is 1. The fraction of sp³-hybridized carbons (Fsp3) is 0.312. The van der Waals surface area contributed by atoms with E-state index in [1.165, 1.54) is 11.1 Å². The summed E-state index contributed by atoms with van der Waals surface area (Å²) in [6, 6.07) is 8.52. The predicted octanol–water partition coefficient (Wildman–Crippen LogP) is 3.86. The molecule has 1 atom stereocenters. The number of aromatic nitrogens is 1. The second-order valence-corrected chi connectivity index (χ2v) is 5.47. The molecule has 1 aromatic heterocycles. The highest BCUT2D eigenvalue weighted by Gasteiger charge is 2.14. The van der Waals surface area contributed by atoms with Crippen LogP contribution in [0.2, 0.25) is 0 Å². The van der Waals surface area contributed by atoms with Crippen LogP contribution in [0.3, 0.4) is 0 Å². The first-order chi connectivity index (χ1) is 9.65. The third-order valence-corrected chi connectivity index (χ3v) is 4.05. The smallest absolute Gasteiger partial charge is 0.137 e. The van der Waals surface area contributed by atoms with E-state index in [1.807, 2.05) is 26.2 Å². The Morgan fingerprint density at radius 3 is 2.70 bits per heavy atom. The van der Waals surface area contributed by atoms with Gasteiger partial charge in [-0.05, 0) is 49.7 Å². The van der Waals surface area contributed by atoms with Crippen molar-refractivity contribution in [3.63, 3.8) is 0 Å². The molecular formula is C16H19BrN2O. The van der Waals surface area contributed by atoms with E-state index in [9.17, 15) is 0 Å². The number of pyridine rings is 1. The number of aryl methyl sites for hydroxylation is 1. The normalized spacial score (nSPS) is 12.2. The standard InChI is InChI=1S/C16H19BrN2O/c1-4-20-14-7-13(9-19-10-14)16(18-3)12-6-5-11(2)15(17)8-12/h5-10,16,18H,4H2,1-3H3. The van der Waals surface area contributed by atoms with Crippen molar-refractivity contribution in [2.24, 2.45) is 0 Å². The first kappa shape index (κ1) is 15.0. The Labute approximate surface area is 128 Å².